The van der Waals surface area contributed by atoms with Gasteiger partial charge in [0.15, 0.2) is 0 Å². The monoisotopic (exact) mass is 565 g/mol. The van der Waals surface area contributed by atoms with E-state index in [1.807, 2.05) is 71.6 Å². The summed E-state index contributed by atoms with van der Waals surface area (Å²) in [5, 5.41) is 1.76. The molecule has 0 atom stereocenters. The predicted octanol–water partition coefficient (Wildman–Crippen LogP) is 6.98. The van der Waals surface area contributed by atoms with Crippen LogP contribution < -0.4 is 14.4 Å². The molecule has 0 unspecified atom stereocenters. The zero-order chi connectivity index (χ0) is 28.3. The molecule has 1 aliphatic heterocycles. The van der Waals surface area contributed by atoms with Crippen LogP contribution in [0.4, 0.5) is 5.69 Å². The number of methoxy groups -OCH3 is 2. The lowest BCUT2D eigenvalue weighted by molar-refractivity contribution is 0.0740. The summed E-state index contributed by atoms with van der Waals surface area (Å²) < 4.78 is 10.9. The molecule has 1 N–H and O–H groups in total. The van der Waals surface area contributed by atoms with E-state index in [2.05, 4.69) is 40.2 Å². The first-order chi connectivity index (χ1) is 20.1. The second-order valence-electron chi connectivity index (χ2n) is 10.2. The van der Waals surface area contributed by atoms with Gasteiger partial charge in [-0.25, -0.2) is 0 Å². The summed E-state index contributed by atoms with van der Waals surface area (Å²) in [6.07, 6.45) is 0. The van der Waals surface area contributed by atoms with Crippen molar-refractivity contribution in [1.82, 2.24) is 9.88 Å². The summed E-state index contributed by atoms with van der Waals surface area (Å²) in [6.45, 7) is 2.64. The maximum atomic E-state index is 14.3. The number of nitrogens with zero attached hydrogens (tertiary/aromatic N) is 2. The van der Waals surface area contributed by atoms with Crippen molar-refractivity contribution < 1.29 is 14.3 Å². The first kappa shape index (κ1) is 26.8. The smallest absolute Gasteiger partial charge is 0.270 e. The number of H-pyrrole nitrogens is 1. The predicted molar refractivity (Wildman–Crippen MR) is 165 cm³/mol. The molecule has 0 radical (unpaired) electrons. The molecule has 2 heterocycles. The molecule has 1 saturated heterocycles. The number of para-hydroxylation sites is 2. The van der Waals surface area contributed by atoms with Gasteiger partial charge in [0, 0.05) is 48.6 Å². The topological polar surface area (TPSA) is 57.8 Å². The van der Waals surface area contributed by atoms with Crippen molar-refractivity contribution >= 4 is 34.1 Å². The first-order valence-corrected chi connectivity index (χ1v) is 14.1. The first-order valence-electron chi connectivity index (χ1n) is 13.7. The van der Waals surface area contributed by atoms with Crippen LogP contribution in [0.5, 0.6) is 11.5 Å². The number of carbonyl (C=O) groups excluding carboxylic acids is 1. The number of hydrogen-bond donors (Lipinski definition) is 1. The third kappa shape index (κ3) is 5.23. The van der Waals surface area contributed by atoms with Gasteiger partial charge in [0.1, 0.15) is 17.2 Å². The van der Waals surface area contributed by atoms with Crippen molar-refractivity contribution in [2.45, 2.75) is 5.92 Å². The van der Waals surface area contributed by atoms with Crippen molar-refractivity contribution in [2.75, 3.05) is 45.3 Å². The van der Waals surface area contributed by atoms with Crippen molar-refractivity contribution in [3.63, 3.8) is 0 Å². The van der Waals surface area contributed by atoms with Gasteiger partial charge in [-0.15, -0.1) is 0 Å². The largest absolute Gasteiger partial charge is 0.497 e. The molecule has 0 aliphatic carbocycles. The number of hydrogen-bond acceptors (Lipinski definition) is 4. The van der Waals surface area contributed by atoms with Crippen LogP contribution in [-0.4, -0.2) is 56.2 Å². The molecule has 208 valence electrons. The normalized spacial score (nSPS) is 13.6. The summed E-state index contributed by atoms with van der Waals surface area (Å²) in [5.74, 6) is 1.39. The molecule has 0 spiro atoms. The number of fused-ring (bicyclic) bond motifs is 1. The number of rotatable bonds is 7. The second-order valence-corrected chi connectivity index (χ2v) is 10.6. The van der Waals surface area contributed by atoms with Crippen molar-refractivity contribution in [1.29, 1.82) is 0 Å². The van der Waals surface area contributed by atoms with Gasteiger partial charge in [0.2, 0.25) is 0 Å². The van der Waals surface area contributed by atoms with Crippen LogP contribution in [0.1, 0.15) is 33.1 Å². The Hall–Kier alpha value is -4.42. The Morgan fingerprint density at radius 1 is 0.756 bits per heavy atom. The number of benzene rings is 4. The number of ether oxygens (including phenoxy) is 2. The van der Waals surface area contributed by atoms with Crippen LogP contribution in [0.3, 0.4) is 0 Å². The maximum Gasteiger partial charge on any atom is 0.270 e. The van der Waals surface area contributed by atoms with E-state index in [9.17, 15) is 4.79 Å². The summed E-state index contributed by atoms with van der Waals surface area (Å²) in [5.41, 5.74) is 5.67. The summed E-state index contributed by atoms with van der Waals surface area (Å²) >= 11 is 6.46. The Kier molecular flexibility index (Phi) is 7.57. The highest BCUT2D eigenvalue weighted by molar-refractivity contribution is 6.33. The standard InChI is InChI=1S/C34H32ClN3O3/c1-40-25-15-11-23(12-16-25)31(24-13-17-26(41-2)18-14-24)32-27-7-3-5-9-29(27)36-33(32)34(39)38-21-19-37(20-22-38)30-10-6-4-8-28(30)35/h3-18,31,36H,19-22H2,1-2H3. The molecule has 0 saturated carbocycles. The maximum absolute atomic E-state index is 14.3. The van der Waals surface area contributed by atoms with Crippen LogP contribution in [0, 0.1) is 0 Å². The van der Waals surface area contributed by atoms with Gasteiger partial charge < -0.3 is 24.3 Å². The second kappa shape index (κ2) is 11.6. The fraction of sp³-hybridized carbons (Fsp3) is 0.206. The highest BCUT2D eigenvalue weighted by Gasteiger charge is 2.31. The van der Waals surface area contributed by atoms with Crippen LogP contribution in [0.2, 0.25) is 5.02 Å². The number of carbonyl (C=O) groups is 1. The highest BCUT2D eigenvalue weighted by atomic mass is 35.5. The Labute approximate surface area is 245 Å². The van der Waals surface area contributed by atoms with Crippen molar-refractivity contribution in [2.24, 2.45) is 0 Å². The number of amides is 1. The van der Waals surface area contributed by atoms with E-state index < -0.39 is 0 Å². The van der Waals surface area contributed by atoms with E-state index >= 15 is 0 Å². The fourth-order valence-corrected chi connectivity index (χ4v) is 6.02. The molecular weight excluding hydrogens is 534 g/mol. The lowest BCUT2D eigenvalue weighted by atomic mass is 9.83. The lowest BCUT2D eigenvalue weighted by Gasteiger charge is -2.36. The zero-order valence-corrected chi connectivity index (χ0v) is 23.9. The Balaban J connectivity index is 1.41. The number of piperazine rings is 1. The number of aromatic amines is 1. The SMILES string of the molecule is COc1ccc(C(c2ccc(OC)cc2)c2c(C(=O)N3CCN(c4ccccc4Cl)CC3)[nH]c3ccccc23)cc1. The van der Waals surface area contributed by atoms with Gasteiger partial charge in [0.25, 0.3) is 5.91 Å². The van der Waals surface area contributed by atoms with Crippen LogP contribution in [0.25, 0.3) is 10.9 Å². The third-order valence-electron chi connectivity index (χ3n) is 7.91. The molecule has 5 aromatic rings. The summed E-state index contributed by atoms with van der Waals surface area (Å²) in [6, 6.07) is 32.2. The van der Waals surface area contributed by atoms with Gasteiger partial charge in [0.05, 0.1) is 24.9 Å². The molecule has 6 nitrogen and oxygen atoms in total. The van der Waals surface area contributed by atoms with E-state index in [4.69, 9.17) is 21.1 Å². The van der Waals surface area contributed by atoms with Gasteiger partial charge in [-0.2, -0.15) is 0 Å². The van der Waals surface area contributed by atoms with Gasteiger partial charge in [-0.1, -0.05) is 66.2 Å². The van der Waals surface area contributed by atoms with E-state index in [0.717, 1.165) is 49.8 Å². The van der Waals surface area contributed by atoms with E-state index in [1.165, 1.54) is 0 Å². The summed E-state index contributed by atoms with van der Waals surface area (Å²) in [4.78, 5) is 22.0. The molecule has 41 heavy (non-hydrogen) atoms. The minimum absolute atomic E-state index is 0.00188. The molecule has 1 amide bonds. The van der Waals surface area contributed by atoms with Crippen molar-refractivity contribution in [3.05, 3.63) is 124 Å². The number of aromatic nitrogens is 1. The Bertz CT molecular complexity index is 1610. The van der Waals surface area contributed by atoms with E-state index in [-0.39, 0.29) is 11.8 Å². The number of halogens is 1. The molecule has 6 rings (SSSR count). The molecule has 4 aromatic carbocycles. The highest BCUT2D eigenvalue weighted by Crippen LogP contribution is 2.40. The Morgan fingerprint density at radius 3 is 1.90 bits per heavy atom. The Morgan fingerprint density at radius 2 is 1.32 bits per heavy atom. The average molecular weight is 566 g/mol. The van der Waals surface area contributed by atoms with Gasteiger partial charge >= 0.3 is 0 Å². The lowest BCUT2D eigenvalue weighted by Crippen LogP contribution is -2.49. The minimum Gasteiger partial charge on any atom is -0.497 e. The molecule has 0 bridgehead atoms. The van der Waals surface area contributed by atoms with Gasteiger partial charge in [-0.3, -0.25) is 4.79 Å². The molecule has 1 fully saturated rings. The molecule has 1 aliphatic rings. The van der Waals surface area contributed by atoms with Crippen LogP contribution in [-0.2, 0) is 0 Å². The van der Waals surface area contributed by atoms with E-state index in [1.54, 1.807) is 14.2 Å². The fourth-order valence-electron chi connectivity index (χ4n) is 5.77. The molecule has 7 heteroatoms. The van der Waals surface area contributed by atoms with Crippen molar-refractivity contribution in [3.8, 4) is 11.5 Å². The minimum atomic E-state index is -0.189. The molecule has 1 aromatic heterocycles. The summed E-state index contributed by atoms with van der Waals surface area (Å²) in [7, 11) is 3.33. The van der Waals surface area contributed by atoms with Crippen LogP contribution >= 0.6 is 11.6 Å². The van der Waals surface area contributed by atoms with E-state index in [0.29, 0.717) is 31.9 Å². The number of nitrogens with one attached hydrogen (secondary N) is 1. The third-order valence-corrected chi connectivity index (χ3v) is 8.23. The molecular formula is C34H32ClN3O3. The zero-order valence-electron chi connectivity index (χ0n) is 23.1. The van der Waals surface area contributed by atoms with Gasteiger partial charge in [-0.05, 0) is 53.6 Å². The van der Waals surface area contributed by atoms with Crippen LogP contribution in [0.15, 0.2) is 97.1 Å². The number of anilines is 1. The quantitative estimate of drug-likeness (QED) is 0.231. The average Bonchev–Trinajstić information content (AvgIpc) is 3.41.